The van der Waals surface area contributed by atoms with Crippen LogP contribution in [0.25, 0.3) is 5.69 Å². The molecule has 8 nitrogen and oxygen atoms in total. The van der Waals surface area contributed by atoms with E-state index in [1.165, 1.54) is 21.5 Å². The first-order chi connectivity index (χ1) is 17.6. The van der Waals surface area contributed by atoms with Gasteiger partial charge in [0.05, 0.1) is 23.7 Å². The van der Waals surface area contributed by atoms with Crippen molar-refractivity contribution in [3.8, 4) is 11.4 Å². The van der Waals surface area contributed by atoms with E-state index < -0.39 is 34.7 Å². The predicted molar refractivity (Wildman–Crippen MR) is 137 cm³/mol. The Labute approximate surface area is 216 Å². The number of hydrogen-bond acceptors (Lipinski definition) is 5. The Bertz CT molecular complexity index is 1680. The number of Topliss-reactive ketones (excluding diaryl/α,β-unsaturated/α-hetero) is 1. The summed E-state index contributed by atoms with van der Waals surface area (Å²) >= 11 is 6.32. The summed E-state index contributed by atoms with van der Waals surface area (Å²) in [6, 6.07) is 12.6. The summed E-state index contributed by atoms with van der Waals surface area (Å²) in [6.07, 6.45) is 3.40. The number of aromatic hydroxyl groups is 1. The summed E-state index contributed by atoms with van der Waals surface area (Å²) in [7, 11) is 0. The molecule has 1 aromatic heterocycles. The molecular weight excluding hydrogens is 494 g/mol. The molecule has 0 saturated heterocycles. The zero-order valence-corrected chi connectivity index (χ0v) is 21.0. The minimum Gasteiger partial charge on any atom is -0.508 e. The summed E-state index contributed by atoms with van der Waals surface area (Å²) in [6.45, 7) is 3.48. The second-order valence-electron chi connectivity index (χ2n) is 10.1. The maximum atomic E-state index is 13.7. The van der Waals surface area contributed by atoms with Gasteiger partial charge in [0, 0.05) is 22.4 Å². The fourth-order valence-electron chi connectivity index (χ4n) is 6.44. The van der Waals surface area contributed by atoms with E-state index in [1.807, 2.05) is 6.08 Å². The number of para-hydroxylation sites is 1. The Hall–Kier alpha value is -3.91. The number of allylic oxidation sites excluding steroid dienone is 4. The minimum atomic E-state index is -1.20. The molecule has 1 saturated carbocycles. The number of carbonyl (C=O) groups excluding carboxylic acids is 2. The second-order valence-corrected chi connectivity index (χ2v) is 10.6. The van der Waals surface area contributed by atoms with Crippen molar-refractivity contribution in [2.24, 2.45) is 11.3 Å². The first-order valence-corrected chi connectivity index (χ1v) is 12.5. The number of halogens is 1. The smallest absolute Gasteiger partial charge is 0.352 e. The van der Waals surface area contributed by atoms with Crippen molar-refractivity contribution in [1.29, 1.82) is 0 Å². The van der Waals surface area contributed by atoms with Crippen LogP contribution >= 0.6 is 11.6 Å². The standard InChI is InChI=1S/C28H24ClN3O5/c1-15-12-23(34)28(2)20(25(15)35)14-21-18(24(28)19-13-16(29)8-9-22(19)33)10-11-30-26(36)31(27(37)32(21)30)17-6-4-3-5-7-17/h3-10,12-13,20-21,24,33H,11,14H2,1-2H3/t20-,21+,24+,28-/m0/s1. The third kappa shape index (κ3) is 3.15. The largest absolute Gasteiger partial charge is 0.508 e. The normalized spacial score (nSPS) is 26.6. The molecule has 3 aromatic rings. The molecule has 0 bridgehead atoms. The van der Waals surface area contributed by atoms with Crippen LogP contribution in [-0.2, 0) is 16.1 Å². The summed E-state index contributed by atoms with van der Waals surface area (Å²) in [5.74, 6) is -1.94. The lowest BCUT2D eigenvalue weighted by Gasteiger charge is -2.52. The zero-order valence-electron chi connectivity index (χ0n) is 20.2. The maximum absolute atomic E-state index is 13.7. The van der Waals surface area contributed by atoms with Crippen molar-refractivity contribution in [1.82, 2.24) is 13.9 Å². The summed E-state index contributed by atoms with van der Waals surface area (Å²) in [5.41, 5.74) is -0.281. The topological polar surface area (TPSA) is 103 Å². The lowest BCUT2D eigenvalue weighted by atomic mass is 9.51. The average Bonchev–Trinajstić information content (AvgIpc) is 3.14. The van der Waals surface area contributed by atoms with Crippen LogP contribution in [0.5, 0.6) is 5.75 Å². The summed E-state index contributed by atoms with van der Waals surface area (Å²) < 4.78 is 3.90. The molecule has 1 aliphatic heterocycles. The number of aromatic nitrogens is 3. The first-order valence-electron chi connectivity index (χ1n) is 12.1. The van der Waals surface area contributed by atoms with Gasteiger partial charge in [0.15, 0.2) is 11.6 Å². The van der Waals surface area contributed by atoms with Crippen LogP contribution in [0, 0.1) is 11.3 Å². The van der Waals surface area contributed by atoms with E-state index >= 15 is 0 Å². The van der Waals surface area contributed by atoms with E-state index in [0.29, 0.717) is 27.4 Å². The van der Waals surface area contributed by atoms with E-state index in [-0.39, 0.29) is 30.3 Å². The van der Waals surface area contributed by atoms with E-state index in [4.69, 9.17) is 11.6 Å². The van der Waals surface area contributed by atoms with Crippen LogP contribution < -0.4 is 11.4 Å². The van der Waals surface area contributed by atoms with Crippen molar-refractivity contribution in [2.45, 2.75) is 38.8 Å². The summed E-state index contributed by atoms with van der Waals surface area (Å²) in [4.78, 5) is 54.2. The molecule has 1 N–H and O–H groups in total. The number of phenols is 1. The molecule has 0 radical (unpaired) electrons. The van der Waals surface area contributed by atoms with E-state index in [0.717, 1.165) is 4.57 Å². The van der Waals surface area contributed by atoms with Gasteiger partial charge >= 0.3 is 11.4 Å². The first kappa shape index (κ1) is 23.5. The molecule has 0 spiro atoms. The number of hydrogen-bond donors (Lipinski definition) is 1. The minimum absolute atomic E-state index is 0.0559. The molecule has 0 unspecified atom stereocenters. The molecule has 6 rings (SSSR count). The highest BCUT2D eigenvalue weighted by molar-refractivity contribution is 6.30. The zero-order chi connectivity index (χ0) is 26.2. The fraction of sp³-hybridized carbons (Fsp3) is 0.286. The highest BCUT2D eigenvalue weighted by Gasteiger charge is 2.59. The van der Waals surface area contributed by atoms with Gasteiger partial charge in [-0.05, 0) is 60.9 Å². The molecule has 3 aliphatic rings. The third-order valence-electron chi connectivity index (χ3n) is 8.25. The van der Waals surface area contributed by atoms with Crippen LogP contribution in [-0.4, -0.2) is 30.6 Å². The van der Waals surface area contributed by atoms with Crippen molar-refractivity contribution in [3.05, 3.63) is 103 Å². The molecular formula is C28H24ClN3O5. The molecule has 188 valence electrons. The molecule has 37 heavy (non-hydrogen) atoms. The van der Waals surface area contributed by atoms with Gasteiger partial charge in [0.25, 0.3) is 0 Å². The van der Waals surface area contributed by atoms with Crippen LogP contribution in [0.4, 0.5) is 0 Å². The average molecular weight is 518 g/mol. The number of phenolic OH excluding ortho intramolecular Hbond substituents is 1. The Morgan fingerprint density at radius 2 is 1.76 bits per heavy atom. The van der Waals surface area contributed by atoms with Gasteiger partial charge in [-0.2, -0.15) is 0 Å². The van der Waals surface area contributed by atoms with Gasteiger partial charge in [-0.25, -0.2) is 23.5 Å². The van der Waals surface area contributed by atoms with Gasteiger partial charge in [-0.1, -0.05) is 42.8 Å². The Kier molecular flexibility index (Phi) is 5.11. The molecule has 4 atom stereocenters. The lowest BCUT2D eigenvalue weighted by Crippen LogP contribution is -2.54. The number of rotatable bonds is 2. The molecule has 9 heteroatoms. The highest BCUT2D eigenvalue weighted by atomic mass is 35.5. The lowest BCUT2D eigenvalue weighted by molar-refractivity contribution is -0.139. The number of benzene rings is 2. The third-order valence-corrected chi connectivity index (χ3v) is 8.49. The summed E-state index contributed by atoms with van der Waals surface area (Å²) in [5, 5.41) is 11.3. The molecule has 1 fully saturated rings. The van der Waals surface area contributed by atoms with Gasteiger partial charge in [-0.3, -0.25) is 9.59 Å². The SMILES string of the molecule is CC1=CC(=O)[C@@]2(C)[C@@H](c3cc(Cl)ccc3O)C3=CCn4c(=O)n(-c5ccccc5)c(=O)n4[C@@H]3C[C@H]2C1=O. The van der Waals surface area contributed by atoms with Crippen molar-refractivity contribution in [2.75, 3.05) is 0 Å². The highest BCUT2D eigenvalue weighted by Crippen LogP contribution is 2.60. The van der Waals surface area contributed by atoms with Gasteiger partial charge in [-0.15, -0.1) is 0 Å². The number of ketones is 2. The van der Waals surface area contributed by atoms with Crippen LogP contribution in [0.1, 0.15) is 37.8 Å². The fourth-order valence-corrected chi connectivity index (χ4v) is 6.62. The number of carbonyl (C=O) groups is 2. The van der Waals surface area contributed by atoms with Gasteiger partial charge in [0.2, 0.25) is 0 Å². The Morgan fingerprint density at radius 3 is 2.49 bits per heavy atom. The monoisotopic (exact) mass is 517 g/mol. The Morgan fingerprint density at radius 1 is 1.03 bits per heavy atom. The van der Waals surface area contributed by atoms with Crippen LogP contribution in [0.15, 0.2) is 81.4 Å². The molecule has 0 amide bonds. The van der Waals surface area contributed by atoms with Crippen molar-refractivity contribution in [3.63, 3.8) is 0 Å². The van der Waals surface area contributed by atoms with Gasteiger partial charge < -0.3 is 5.11 Å². The Balaban J connectivity index is 1.62. The van der Waals surface area contributed by atoms with E-state index in [2.05, 4.69) is 0 Å². The molecule has 2 aromatic carbocycles. The van der Waals surface area contributed by atoms with Crippen LogP contribution in [0.2, 0.25) is 5.02 Å². The van der Waals surface area contributed by atoms with Crippen LogP contribution in [0.3, 0.4) is 0 Å². The predicted octanol–water partition coefficient (Wildman–Crippen LogP) is 3.55. The van der Waals surface area contributed by atoms with Gasteiger partial charge in [0.1, 0.15) is 5.75 Å². The maximum Gasteiger partial charge on any atom is 0.352 e. The molecule has 2 heterocycles. The molecule has 2 aliphatic carbocycles. The van der Waals surface area contributed by atoms with Crippen molar-refractivity contribution >= 4 is 23.2 Å². The van der Waals surface area contributed by atoms with Crippen molar-refractivity contribution < 1.29 is 14.7 Å². The van der Waals surface area contributed by atoms with E-state index in [1.54, 1.807) is 56.3 Å². The second kappa shape index (κ2) is 8.05. The number of nitrogens with zero attached hydrogens (tertiary/aromatic N) is 3. The number of fused-ring (bicyclic) bond motifs is 4. The van der Waals surface area contributed by atoms with E-state index in [9.17, 15) is 24.3 Å². The quantitative estimate of drug-likeness (QED) is 0.524.